The Bertz CT molecular complexity index is 2470. The molecule has 0 amide bonds. The fourth-order valence-electron chi connectivity index (χ4n) is 8.24. The summed E-state index contributed by atoms with van der Waals surface area (Å²) in [6.07, 6.45) is 6.28. The molecule has 1 aliphatic heterocycles. The van der Waals surface area contributed by atoms with Gasteiger partial charge in [-0.15, -0.1) is 0 Å². The Kier molecular flexibility index (Phi) is 8.21. The molecule has 2 aliphatic rings. The molecule has 9 rings (SSSR count). The van der Waals surface area contributed by atoms with Crippen LogP contribution in [0.25, 0.3) is 32.3 Å². The van der Waals surface area contributed by atoms with Crippen molar-refractivity contribution in [3.63, 3.8) is 0 Å². The largest absolute Gasteiger partial charge is 0.366 e. The highest BCUT2D eigenvalue weighted by atomic mass is 15.2. The van der Waals surface area contributed by atoms with Crippen molar-refractivity contribution in [3.05, 3.63) is 202 Å². The third-order valence-electron chi connectivity index (χ3n) is 10.9. The summed E-state index contributed by atoms with van der Waals surface area (Å²) >= 11 is 0. The molecule has 51 heavy (non-hydrogen) atoms. The Morgan fingerprint density at radius 1 is 0.667 bits per heavy atom. The van der Waals surface area contributed by atoms with Gasteiger partial charge in [0.25, 0.3) is 0 Å². The van der Waals surface area contributed by atoms with Gasteiger partial charge in [-0.05, 0) is 109 Å². The number of hydrogen-bond donors (Lipinski definition) is 4. The van der Waals surface area contributed by atoms with Gasteiger partial charge in [0.05, 0.1) is 18.2 Å². The van der Waals surface area contributed by atoms with E-state index >= 15 is 0 Å². The standard InChI is InChI=1S/C47H42N4/c1-30-12-2-5-17-37(30)44(40-21-10-15-31-13-3-6-18-38(31)40)50-46(48)35-26-24-34-29-36(27-25-33(34)28-35)47-49-43-23-9-8-20-42(43)45(51-47)41-22-11-16-32-14-4-7-19-39(32)41/h2-7,9-19,21-29,44-47,49-51H,8,20,48H2,1H3. The van der Waals surface area contributed by atoms with E-state index in [4.69, 9.17) is 5.73 Å². The molecule has 0 saturated heterocycles. The third kappa shape index (κ3) is 5.92. The molecule has 0 spiro atoms. The molecule has 0 fully saturated rings. The lowest BCUT2D eigenvalue weighted by atomic mass is 9.86. The molecular formula is C47H42N4. The van der Waals surface area contributed by atoms with E-state index in [2.05, 4.69) is 181 Å². The maximum absolute atomic E-state index is 7.03. The Labute approximate surface area is 299 Å². The summed E-state index contributed by atoms with van der Waals surface area (Å²) < 4.78 is 0. The Balaban J connectivity index is 1.02. The fraction of sp³-hybridized carbons (Fsp3) is 0.149. The molecule has 4 atom stereocenters. The predicted octanol–water partition coefficient (Wildman–Crippen LogP) is 10.3. The van der Waals surface area contributed by atoms with Gasteiger partial charge in [-0.2, -0.15) is 0 Å². The van der Waals surface area contributed by atoms with Crippen LogP contribution >= 0.6 is 0 Å². The quantitative estimate of drug-likeness (QED) is 0.128. The molecule has 5 N–H and O–H groups in total. The molecule has 7 aromatic carbocycles. The average Bonchev–Trinajstić information content (AvgIpc) is 3.19. The Morgan fingerprint density at radius 3 is 2.22 bits per heavy atom. The predicted molar refractivity (Wildman–Crippen MR) is 212 cm³/mol. The van der Waals surface area contributed by atoms with E-state index in [1.54, 1.807) is 0 Å². The highest BCUT2D eigenvalue weighted by Crippen LogP contribution is 2.39. The van der Waals surface area contributed by atoms with Crippen molar-refractivity contribution in [1.82, 2.24) is 16.0 Å². The van der Waals surface area contributed by atoms with Crippen molar-refractivity contribution in [2.45, 2.75) is 44.2 Å². The molecule has 7 aromatic rings. The molecule has 4 heteroatoms. The molecule has 1 heterocycles. The number of benzene rings is 7. The van der Waals surface area contributed by atoms with Gasteiger partial charge in [0.2, 0.25) is 0 Å². The lowest BCUT2D eigenvalue weighted by Gasteiger charge is -2.38. The van der Waals surface area contributed by atoms with Crippen LogP contribution in [0.2, 0.25) is 0 Å². The van der Waals surface area contributed by atoms with Gasteiger partial charge < -0.3 is 11.1 Å². The van der Waals surface area contributed by atoms with Crippen LogP contribution in [0.5, 0.6) is 0 Å². The van der Waals surface area contributed by atoms with Crippen LogP contribution in [-0.2, 0) is 0 Å². The maximum atomic E-state index is 7.03. The number of nitrogens with two attached hydrogens (primary N) is 1. The second-order valence-electron chi connectivity index (χ2n) is 14.0. The van der Waals surface area contributed by atoms with Crippen LogP contribution in [0.1, 0.15) is 70.6 Å². The van der Waals surface area contributed by atoms with Crippen LogP contribution in [0, 0.1) is 6.92 Å². The molecule has 1 aliphatic carbocycles. The molecule has 0 bridgehead atoms. The van der Waals surface area contributed by atoms with E-state index in [1.165, 1.54) is 71.4 Å². The first-order chi connectivity index (χ1) is 25.1. The number of hydrogen-bond acceptors (Lipinski definition) is 4. The topological polar surface area (TPSA) is 62.1 Å². The molecular weight excluding hydrogens is 621 g/mol. The van der Waals surface area contributed by atoms with E-state index in [1.807, 2.05) is 0 Å². The third-order valence-corrected chi connectivity index (χ3v) is 10.9. The maximum Gasteiger partial charge on any atom is 0.104 e. The number of fused-ring (bicyclic) bond motifs is 3. The van der Waals surface area contributed by atoms with Gasteiger partial charge in [-0.3, -0.25) is 10.6 Å². The Morgan fingerprint density at radius 2 is 1.35 bits per heavy atom. The van der Waals surface area contributed by atoms with Gasteiger partial charge >= 0.3 is 0 Å². The number of allylic oxidation sites excluding steroid dienone is 2. The summed E-state index contributed by atoms with van der Waals surface area (Å²) in [7, 11) is 0. The van der Waals surface area contributed by atoms with Crippen molar-refractivity contribution in [3.8, 4) is 0 Å². The minimum atomic E-state index is -0.371. The average molecular weight is 663 g/mol. The van der Waals surface area contributed by atoms with E-state index in [0.717, 1.165) is 18.4 Å². The monoisotopic (exact) mass is 662 g/mol. The van der Waals surface area contributed by atoms with E-state index < -0.39 is 0 Å². The number of aryl methyl sites for hydroxylation is 1. The van der Waals surface area contributed by atoms with Crippen LogP contribution in [0.4, 0.5) is 0 Å². The molecule has 250 valence electrons. The molecule has 0 aromatic heterocycles. The summed E-state index contributed by atoms with van der Waals surface area (Å²) in [6, 6.07) is 52.6. The summed E-state index contributed by atoms with van der Waals surface area (Å²) in [5.41, 5.74) is 17.0. The molecule has 4 nitrogen and oxygen atoms in total. The van der Waals surface area contributed by atoms with Crippen LogP contribution in [0.15, 0.2) is 169 Å². The minimum absolute atomic E-state index is 0.0287. The molecule has 0 saturated carbocycles. The van der Waals surface area contributed by atoms with Crippen LogP contribution in [0.3, 0.4) is 0 Å². The van der Waals surface area contributed by atoms with Crippen molar-refractivity contribution < 1.29 is 0 Å². The lowest BCUT2D eigenvalue weighted by Crippen LogP contribution is -2.42. The summed E-state index contributed by atoms with van der Waals surface area (Å²) in [5.74, 6) is 0. The zero-order chi connectivity index (χ0) is 34.3. The summed E-state index contributed by atoms with van der Waals surface area (Å²) in [5, 5.41) is 19.1. The minimum Gasteiger partial charge on any atom is -0.366 e. The first-order valence-corrected chi connectivity index (χ1v) is 18.1. The zero-order valence-electron chi connectivity index (χ0n) is 28.8. The second-order valence-corrected chi connectivity index (χ2v) is 14.0. The van der Waals surface area contributed by atoms with Gasteiger partial charge in [0, 0.05) is 5.70 Å². The van der Waals surface area contributed by atoms with Gasteiger partial charge in [-0.25, -0.2) is 0 Å². The SMILES string of the molecule is Cc1ccccc1C(NC(N)c1ccc2cc(C3NC4=C(CCC=C4)C(c4cccc5ccccc45)N3)ccc2c1)c1cccc2ccccc12. The smallest absolute Gasteiger partial charge is 0.104 e. The first-order valence-electron chi connectivity index (χ1n) is 18.1. The van der Waals surface area contributed by atoms with E-state index in [0.29, 0.717) is 0 Å². The first kappa shape index (κ1) is 31.5. The Hall–Kier alpha value is -5.52. The highest BCUT2D eigenvalue weighted by Gasteiger charge is 2.31. The fourth-order valence-corrected chi connectivity index (χ4v) is 8.24. The second kappa shape index (κ2) is 13.3. The zero-order valence-corrected chi connectivity index (χ0v) is 28.8. The van der Waals surface area contributed by atoms with Gasteiger partial charge in [0.15, 0.2) is 0 Å². The molecule has 4 unspecified atom stereocenters. The van der Waals surface area contributed by atoms with Crippen molar-refractivity contribution in [2.75, 3.05) is 0 Å². The van der Waals surface area contributed by atoms with Crippen molar-refractivity contribution in [1.29, 1.82) is 0 Å². The summed E-state index contributed by atoms with van der Waals surface area (Å²) in [4.78, 5) is 0. The highest BCUT2D eigenvalue weighted by molar-refractivity contribution is 5.88. The van der Waals surface area contributed by atoms with E-state index in [9.17, 15) is 0 Å². The molecule has 0 radical (unpaired) electrons. The van der Waals surface area contributed by atoms with Crippen LogP contribution < -0.4 is 21.7 Å². The van der Waals surface area contributed by atoms with Gasteiger partial charge in [0.1, 0.15) is 6.17 Å². The number of nitrogens with one attached hydrogen (secondary N) is 3. The lowest BCUT2D eigenvalue weighted by molar-refractivity contribution is 0.397. The number of rotatable bonds is 7. The van der Waals surface area contributed by atoms with Crippen molar-refractivity contribution in [2.24, 2.45) is 5.73 Å². The van der Waals surface area contributed by atoms with Crippen LogP contribution in [-0.4, -0.2) is 0 Å². The van der Waals surface area contributed by atoms with Gasteiger partial charge in [-0.1, -0.05) is 140 Å². The normalized spacial score (nSPS) is 18.5. The van der Waals surface area contributed by atoms with Crippen molar-refractivity contribution >= 4 is 32.3 Å². The summed E-state index contributed by atoms with van der Waals surface area (Å²) in [6.45, 7) is 2.18. The van der Waals surface area contributed by atoms with E-state index in [-0.39, 0.29) is 24.4 Å².